The minimum absolute atomic E-state index is 0.112. The fourth-order valence-corrected chi connectivity index (χ4v) is 1.60. The molecule has 0 fully saturated rings. The highest BCUT2D eigenvalue weighted by atomic mass is 28.3. The lowest BCUT2D eigenvalue weighted by Gasteiger charge is -2.11. The molecule has 0 radical (unpaired) electrons. The van der Waals surface area contributed by atoms with Gasteiger partial charge >= 0.3 is 6.18 Å². The third-order valence-electron chi connectivity index (χ3n) is 1.82. The van der Waals surface area contributed by atoms with Crippen LogP contribution in [0.15, 0.2) is 11.6 Å². The van der Waals surface area contributed by atoms with Gasteiger partial charge in [0.25, 0.3) is 0 Å². The fourth-order valence-electron chi connectivity index (χ4n) is 1.08. The van der Waals surface area contributed by atoms with Crippen LogP contribution >= 0.6 is 0 Å². The van der Waals surface area contributed by atoms with Crippen LogP contribution in [0.3, 0.4) is 0 Å². The molecule has 0 saturated heterocycles. The third kappa shape index (κ3) is 9.01. The van der Waals surface area contributed by atoms with E-state index in [1.807, 2.05) is 19.6 Å². The van der Waals surface area contributed by atoms with E-state index in [0.717, 1.165) is 0 Å². The number of alkyl halides is 3. The molecule has 5 heteroatoms. The number of aliphatic hydroxyl groups is 1. The van der Waals surface area contributed by atoms with Crippen molar-refractivity contribution in [2.45, 2.75) is 51.7 Å². The van der Waals surface area contributed by atoms with Crippen molar-refractivity contribution in [2.24, 2.45) is 0 Å². The maximum Gasteiger partial charge on any atom is 0.410 e. The first-order valence-corrected chi connectivity index (χ1v) is 9.06. The van der Waals surface area contributed by atoms with E-state index in [-0.39, 0.29) is 11.6 Å². The fraction of sp³-hybridized carbons (Fsp3) is 0.667. The van der Waals surface area contributed by atoms with Crippen LogP contribution in [0.2, 0.25) is 19.6 Å². The number of aliphatic hydroxyl groups excluding tert-OH is 1. The zero-order valence-corrected chi connectivity index (χ0v) is 11.7. The maximum absolute atomic E-state index is 12.3. The van der Waals surface area contributed by atoms with Crippen LogP contribution in [0.4, 0.5) is 13.2 Å². The molecule has 0 aliphatic rings. The SMILES string of the molecule is CCCC(O)/C(C#C[Si](C)(C)C)=C\C(F)(F)F. The first kappa shape index (κ1) is 16.3. The van der Waals surface area contributed by atoms with E-state index in [2.05, 4.69) is 11.5 Å². The largest absolute Gasteiger partial charge is 0.410 e. The molecule has 1 N–H and O–H groups in total. The van der Waals surface area contributed by atoms with Crippen LogP contribution in [-0.4, -0.2) is 25.5 Å². The lowest BCUT2D eigenvalue weighted by molar-refractivity contribution is -0.0810. The summed E-state index contributed by atoms with van der Waals surface area (Å²) in [6, 6.07) is 0. The molecule has 0 amide bonds. The topological polar surface area (TPSA) is 20.2 Å². The summed E-state index contributed by atoms with van der Waals surface area (Å²) >= 11 is 0. The van der Waals surface area contributed by atoms with Crippen molar-refractivity contribution >= 4 is 8.07 Å². The molecule has 0 saturated carbocycles. The zero-order chi connectivity index (χ0) is 13.7. The van der Waals surface area contributed by atoms with Gasteiger partial charge in [-0.05, 0) is 6.42 Å². The summed E-state index contributed by atoms with van der Waals surface area (Å²) in [5.41, 5.74) is 2.62. The average molecular weight is 264 g/mol. The second-order valence-corrected chi connectivity index (χ2v) is 9.70. The van der Waals surface area contributed by atoms with Crippen LogP contribution in [0, 0.1) is 11.5 Å². The third-order valence-corrected chi connectivity index (χ3v) is 2.70. The van der Waals surface area contributed by atoms with E-state index < -0.39 is 20.4 Å². The minimum Gasteiger partial charge on any atom is -0.388 e. The molecule has 98 valence electrons. The molecule has 0 aliphatic heterocycles. The monoisotopic (exact) mass is 264 g/mol. The van der Waals surface area contributed by atoms with Gasteiger partial charge in [-0.1, -0.05) is 38.9 Å². The quantitative estimate of drug-likeness (QED) is 0.611. The lowest BCUT2D eigenvalue weighted by Crippen LogP contribution is -2.18. The smallest absolute Gasteiger partial charge is 0.388 e. The second kappa shape index (κ2) is 6.27. The van der Waals surface area contributed by atoms with Crippen molar-refractivity contribution in [3.05, 3.63) is 11.6 Å². The number of hydrogen-bond acceptors (Lipinski definition) is 1. The molecule has 1 atom stereocenters. The standard InChI is InChI=1S/C12H19F3OSi/c1-5-6-11(16)10(9-12(13,14)15)7-8-17(2,3)4/h9,11,16H,5-6H2,1-4H3/b10-9-. The second-order valence-electron chi connectivity index (χ2n) is 4.95. The van der Waals surface area contributed by atoms with Crippen LogP contribution in [0.25, 0.3) is 0 Å². The van der Waals surface area contributed by atoms with Crippen LogP contribution in [0.5, 0.6) is 0 Å². The Kier molecular flexibility index (Phi) is 6.00. The number of hydrogen-bond donors (Lipinski definition) is 1. The number of allylic oxidation sites excluding steroid dienone is 1. The van der Waals surface area contributed by atoms with E-state index in [1.54, 1.807) is 6.92 Å². The molecule has 0 heterocycles. The Morgan fingerprint density at radius 3 is 2.24 bits per heavy atom. The molecule has 1 nitrogen and oxygen atoms in total. The molecule has 17 heavy (non-hydrogen) atoms. The van der Waals surface area contributed by atoms with Gasteiger partial charge in [-0.25, -0.2) is 0 Å². The predicted octanol–water partition coefficient (Wildman–Crippen LogP) is 3.52. The van der Waals surface area contributed by atoms with Crippen LogP contribution in [-0.2, 0) is 0 Å². The molecule has 0 aromatic rings. The Labute approximate surface area is 102 Å². The van der Waals surface area contributed by atoms with E-state index in [4.69, 9.17) is 0 Å². The summed E-state index contributed by atoms with van der Waals surface area (Å²) in [5.74, 6) is 2.50. The van der Waals surface area contributed by atoms with Gasteiger partial charge in [0, 0.05) is 11.6 Å². The van der Waals surface area contributed by atoms with Crippen molar-refractivity contribution < 1.29 is 18.3 Å². The van der Waals surface area contributed by atoms with Crippen molar-refractivity contribution in [1.29, 1.82) is 0 Å². The number of halogens is 3. The van der Waals surface area contributed by atoms with E-state index in [0.29, 0.717) is 12.8 Å². The zero-order valence-electron chi connectivity index (χ0n) is 10.7. The summed E-state index contributed by atoms with van der Waals surface area (Å²) in [4.78, 5) is 0. The van der Waals surface area contributed by atoms with Gasteiger partial charge in [0.2, 0.25) is 0 Å². The van der Waals surface area contributed by atoms with E-state index in [9.17, 15) is 18.3 Å². The van der Waals surface area contributed by atoms with Crippen LogP contribution in [0.1, 0.15) is 19.8 Å². The van der Waals surface area contributed by atoms with Gasteiger partial charge in [0.1, 0.15) is 8.07 Å². The van der Waals surface area contributed by atoms with E-state index in [1.165, 1.54) is 0 Å². The summed E-state index contributed by atoms with van der Waals surface area (Å²) < 4.78 is 36.8. The Hall–Kier alpha value is -0.733. The van der Waals surface area contributed by atoms with Gasteiger partial charge in [0.15, 0.2) is 0 Å². The normalized spacial score (nSPS) is 15.2. The number of rotatable bonds is 3. The van der Waals surface area contributed by atoms with Crippen molar-refractivity contribution in [3.63, 3.8) is 0 Å². The van der Waals surface area contributed by atoms with Gasteiger partial charge in [-0.2, -0.15) is 13.2 Å². The Morgan fingerprint density at radius 1 is 1.35 bits per heavy atom. The van der Waals surface area contributed by atoms with Gasteiger partial charge in [-0.3, -0.25) is 0 Å². The summed E-state index contributed by atoms with van der Waals surface area (Å²) in [6.45, 7) is 7.63. The Bertz CT molecular complexity index is 328. The van der Waals surface area contributed by atoms with E-state index >= 15 is 0 Å². The molecule has 0 aromatic heterocycles. The van der Waals surface area contributed by atoms with Crippen LogP contribution < -0.4 is 0 Å². The summed E-state index contributed by atoms with van der Waals surface area (Å²) in [7, 11) is -1.74. The van der Waals surface area contributed by atoms with Crippen molar-refractivity contribution in [1.82, 2.24) is 0 Å². The Balaban J connectivity index is 5.12. The molecule has 0 aromatic carbocycles. The molecule has 0 aliphatic carbocycles. The molecular weight excluding hydrogens is 245 g/mol. The molecule has 1 unspecified atom stereocenters. The molecular formula is C12H19F3OSi. The summed E-state index contributed by atoms with van der Waals surface area (Å²) in [5, 5.41) is 9.61. The van der Waals surface area contributed by atoms with Gasteiger partial charge in [0.05, 0.1) is 6.10 Å². The first-order chi connectivity index (χ1) is 7.55. The highest BCUT2D eigenvalue weighted by molar-refractivity contribution is 6.83. The average Bonchev–Trinajstić information content (AvgIpc) is 2.09. The van der Waals surface area contributed by atoms with Crippen molar-refractivity contribution in [3.8, 4) is 11.5 Å². The highest BCUT2D eigenvalue weighted by Crippen LogP contribution is 2.21. The van der Waals surface area contributed by atoms with Gasteiger partial charge in [-0.15, -0.1) is 5.54 Å². The maximum atomic E-state index is 12.3. The van der Waals surface area contributed by atoms with Gasteiger partial charge < -0.3 is 5.11 Å². The molecule has 0 bridgehead atoms. The first-order valence-electron chi connectivity index (χ1n) is 5.56. The molecule has 0 rings (SSSR count). The minimum atomic E-state index is -4.43. The predicted molar refractivity (Wildman–Crippen MR) is 66.2 cm³/mol. The Morgan fingerprint density at radius 2 is 1.88 bits per heavy atom. The lowest BCUT2D eigenvalue weighted by atomic mass is 10.1. The summed E-state index contributed by atoms with van der Waals surface area (Å²) in [6.07, 6.45) is -4.53. The highest BCUT2D eigenvalue weighted by Gasteiger charge is 2.26. The molecule has 0 spiro atoms. The van der Waals surface area contributed by atoms with Crippen molar-refractivity contribution in [2.75, 3.05) is 0 Å².